The van der Waals surface area contributed by atoms with Gasteiger partial charge in [0.1, 0.15) is 11.5 Å². The molecule has 2 rings (SSSR count). The van der Waals surface area contributed by atoms with Gasteiger partial charge in [0, 0.05) is 22.3 Å². The highest BCUT2D eigenvalue weighted by atomic mass is 32.2. The molecule has 0 saturated carbocycles. The summed E-state index contributed by atoms with van der Waals surface area (Å²) in [5.74, 6) is 1.89. The molecule has 1 atom stereocenters. The minimum Gasteiger partial charge on any atom is -0.507 e. The molecule has 0 fully saturated rings. The first-order chi connectivity index (χ1) is 16.7. The van der Waals surface area contributed by atoms with Gasteiger partial charge in [-0.3, -0.25) is 0 Å². The van der Waals surface area contributed by atoms with Crippen molar-refractivity contribution in [1.82, 2.24) is 0 Å². The van der Waals surface area contributed by atoms with Gasteiger partial charge < -0.3 is 10.2 Å². The minimum absolute atomic E-state index is 0.0255. The van der Waals surface area contributed by atoms with Crippen LogP contribution < -0.4 is 0 Å². The maximum absolute atomic E-state index is 11.0. The summed E-state index contributed by atoms with van der Waals surface area (Å²) in [5.41, 5.74) is 5.98. The average molecular weight is 499 g/mol. The van der Waals surface area contributed by atoms with E-state index in [1.807, 2.05) is 37.7 Å². The zero-order valence-corrected chi connectivity index (χ0v) is 24.1. The molecule has 1 unspecified atom stereocenters. The van der Waals surface area contributed by atoms with Crippen LogP contribution in [-0.2, 0) is 0 Å². The molecule has 0 heterocycles. The Hall–Kier alpha value is -1.61. The normalized spacial score (nSPS) is 12.4. The molecule has 0 amide bonds. The molecule has 0 aliphatic heterocycles. The average Bonchev–Trinajstić information content (AvgIpc) is 2.81. The number of phenols is 2. The number of rotatable bonds is 16. The highest BCUT2D eigenvalue weighted by Crippen LogP contribution is 2.43. The van der Waals surface area contributed by atoms with Gasteiger partial charge in [-0.05, 0) is 57.4 Å². The number of hydrogen-bond donors (Lipinski definition) is 2. The van der Waals surface area contributed by atoms with Crippen LogP contribution in [0.4, 0.5) is 0 Å². The molecule has 196 valence electrons. The standard InChI is InChI=1S/C32H50O2S/c1-7-8-9-10-11-12-13-14-15-16-17-35-27(6)22-28(29-20-23(2)18-25(4)31(29)33)30-21-24(3)19-26(5)32(30)34/h18-21,27-28,33-34H,7-17,22H2,1-6H3. The molecule has 2 aromatic carbocycles. The van der Waals surface area contributed by atoms with Crippen molar-refractivity contribution in [3.63, 3.8) is 0 Å². The van der Waals surface area contributed by atoms with Gasteiger partial charge in [-0.1, -0.05) is 107 Å². The summed E-state index contributed by atoms with van der Waals surface area (Å²) >= 11 is 2.04. The van der Waals surface area contributed by atoms with Gasteiger partial charge in [0.2, 0.25) is 0 Å². The lowest BCUT2D eigenvalue weighted by Gasteiger charge is -2.25. The quantitative estimate of drug-likeness (QED) is 0.226. The van der Waals surface area contributed by atoms with Crippen molar-refractivity contribution < 1.29 is 10.2 Å². The molecule has 2 N–H and O–H groups in total. The summed E-state index contributed by atoms with van der Waals surface area (Å²) in [4.78, 5) is 0. The first-order valence-electron chi connectivity index (χ1n) is 14.0. The lowest BCUT2D eigenvalue weighted by Crippen LogP contribution is -2.11. The number of thioether (sulfide) groups is 1. The zero-order chi connectivity index (χ0) is 25.8. The molecular weight excluding hydrogens is 448 g/mol. The monoisotopic (exact) mass is 498 g/mol. The second-order valence-corrected chi connectivity index (χ2v) is 12.2. The molecule has 0 aromatic heterocycles. The Kier molecular flexibility index (Phi) is 13.1. The number of unbranched alkanes of at least 4 members (excludes halogenated alkanes) is 9. The lowest BCUT2D eigenvalue weighted by molar-refractivity contribution is 0.446. The number of phenolic OH excluding ortho intramolecular Hbond substituents is 2. The Morgan fingerprint density at radius 1 is 0.657 bits per heavy atom. The third-order valence-corrected chi connectivity index (χ3v) is 8.45. The van der Waals surface area contributed by atoms with Crippen molar-refractivity contribution >= 4 is 11.8 Å². The van der Waals surface area contributed by atoms with Gasteiger partial charge in [-0.25, -0.2) is 0 Å². The highest BCUT2D eigenvalue weighted by Gasteiger charge is 2.25. The van der Waals surface area contributed by atoms with Gasteiger partial charge >= 0.3 is 0 Å². The molecule has 3 heteroatoms. The summed E-state index contributed by atoms with van der Waals surface area (Å²) in [6.45, 7) is 12.7. The maximum Gasteiger partial charge on any atom is 0.122 e. The first kappa shape index (κ1) is 29.6. The maximum atomic E-state index is 11.0. The minimum atomic E-state index is -0.0255. The smallest absolute Gasteiger partial charge is 0.122 e. The van der Waals surface area contributed by atoms with Gasteiger partial charge in [0.15, 0.2) is 0 Å². The zero-order valence-electron chi connectivity index (χ0n) is 23.3. The van der Waals surface area contributed by atoms with E-state index in [0.29, 0.717) is 16.7 Å². The van der Waals surface area contributed by atoms with Crippen LogP contribution in [0, 0.1) is 27.7 Å². The molecule has 2 nitrogen and oxygen atoms in total. The Balaban J connectivity index is 1.95. The predicted molar refractivity (Wildman–Crippen MR) is 155 cm³/mol. The number of hydrogen-bond acceptors (Lipinski definition) is 3. The Morgan fingerprint density at radius 3 is 1.54 bits per heavy atom. The molecule has 0 spiro atoms. The van der Waals surface area contributed by atoms with Crippen LogP contribution in [-0.4, -0.2) is 21.2 Å². The topological polar surface area (TPSA) is 40.5 Å². The van der Waals surface area contributed by atoms with E-state index in [1.54, 1.807) is 0 Å². The second-order valence-electron chi connectivity index (χ2n) is 10.7. The molecule has 0 bridgehead atoms. The Bertz CT molecular complexity index is 847. The first-order valence-corrected chi connectivity index (χ1v) is 15.0. The van der Waals surface area contributed by atoms with Crippen LogP contribution in [0.1, 0.15) is 124 Å². The molecular formula is C32H50O2S. The summed E-state index contributed by atoms with van der Waals surface area (Å²) in [7, 11) is 0. The fraction of sp³-hybridized carbons (Fsp3) is 0.625. The van der Waals surface area contributed by atoms with E-state index in [-0.39, 0.29) is 5.92 Å². The van der Waals surface area contributed by atoms with Gasteiger partial charge in [0.25, 0.3) is 0 Å². The summed E-state index contributed by atoms with van der Waals surface area (Å²) in [6.07, 6.45) is 14.6. The second kappa shape index (κ2) is 15.5. The van der Waals surface area contributed by atoms with Crippen LogP contribution in [0.5, 0.6) is 11.5 Å². The highest BCUT2D eigenvalue weighted by molar-refractivity contribution is 7.99. The van der Waals surface area contributed by atoms with Crippen molar-refractivity contribution in [3.05, 3.63) is 57.6 Å². The van der Waals surface area contributed by atoms with Gasteiger partial charge in [-0.2, -0.15) is 11.8 Å². The molecule has 0 radical (unpaired) electrons. The van der Waals surface area contributed by atoms with E-state index in [0.717, 1.165) is 39.8 Å². The molecule has 35 heavy (non-hydrogen) atoms. The third kappa shape index (κ3) is 9.75. The summed E-state index contributed by atoms with van der Waals surface area (Å²) in [6, 6.07) is 8.26. The number of aryl methyl sites for hydroxylation is 4. The van der Waals surface area contributed by atoms with Crippen molar-refractivity contribution in [2.75, 3.05) is 5.75 Å². The van der Waals surface area contributed by atoms with Crippen molar-refractivity contribution in [1.29, 1.82) is 0 Å². The molecule has 0 aliphatic carbocycles. The van der Waals surface area contributed by atoms with E-state index in [2.05, 4.69) is 39.8 Å². The lowest BCUT2D eigenvalue weighted by atomic mass is 9.83. The van der Waals surface area contributed by atoms with E-state index in [9.17, 15) is 10.2 Å². The molecule has 0 aliphatic rings. The van der Waals surface area contributed by atoms with E-state index >= 15 is 0 Å². The van der Waals surface area contributed by atoms with Gasteiger partial charge in [-0.15, -0.1) is 0 Å². The summed E-state index contributed by atoms with van der Waals surface area (Å²) in [5, 5.41) is 22.4. The molecule has 0 saturated heterocycles. The van der Waals surface area contributed by atoms with E-state index < -0.39 is 0 Å². The fourth-order valence-electron chi connectivity index (χ4n) is 5.21. The van der Waals surface area contributed by atoms with Crippen molar-refractivity contribution in [3.8, 4) is 11.5 Å². The van der Waals surface area contributed by atoms with Crippen LogP contribution >= 0.6 is 11.8 Å². The van der Waals surface area contributed by atoms with Crippen LogP contribution in [0.15, 0.2) is 24.3 Å². The third-order valence-electron chi connectivity index (χ3n) is 7.17. The van der Waals surface area contributed by atoms with Crippen molar-refractivity contribution in [2.24, 2.45) is 0 Å². The Morgan fingerprint density at radius 2 is 1.09 bits per heavy atom. The van der Waals surface area contributed by atoms with E-state index in [1.165, 1.54) is 70.0 Å². The number of benzene rings is 2. The SMILES string of the molecule is CCCCCCCCCCCCSC(C)CC(c1cc(C)cc(C)c1O)c1cc(C)cc(C)c1O. The van der Waals surface area contributed by atoms with Crippen LogP contribution in [0.3, 0.4) is 0 Å². The summed E-state index contributed by atoms with van der Waals surface area (Å²) < 4.78 is 0. The van der Waals surface area contributed by atoms with Crippen molar-refractivity contribution in [2.45, 2.75) is 123 Å². The van der Waals surface area contributed by atoms with Gasteiger partial charge in [0.05, 0.1) is 0 Å². The molecule has 2 aromatic rings. The number of aromatic hydroxyl groups is 2. The van der Waals surface area contributed by atoms with Crippen LogP contribution in [0.25, 0.3) is 0 Å². The van der Waals surface area contributed by atoms with Crippen LogP contribution in [0.2, 0.25) is 0 Å². The largest absolute Gasteiger partial charge is 0.507 e. The predicted octanol–water partition coefficient (Wildman–Crippen LogP) is 9.90. The fourth-order valence-corrected chi connectivity index (χ4v) is 6.31. The Labute approximate surface area is 219 Å². The van der Waals surface area contributed by atoms with E-state index in [4.69, 9.17) is 0 Å².